The van der Waals surface area contributed by atoms with E-state index in [2.05, 4.69) is 9.71 Å². The number of sulfonamides is 1. The van der Waals surface area contributed by atoms with Crippen LogP contribution in [0.15, 0.2) is 47.6 Å². The number of anilines is 1. The van der Waals surface area contributed by atoms with Crippen LogP contribution in [0.2, 0.25) is 0 Å². The topological polar surface area (TPSA) is 94.3 Å². The van der Waals surface area contributed by atoms with Crippen LogP contribution < -0.4 is 15.2 Å². The minimum Gasteiger partial charge on any atom is -0.497 e. The third-order valence-corrected chi connectivity index (χ3v) is 4.17. The number of pyridine rings is 1. The molecule has 7 heteroatoms. The van der Waals surface area contributed by atoms with Crippen LogP contribution >= 0.6 is 0 Å². The SMILES string of the molecule is COc1ccc(S(=O)(=O)NCc2cccnc2)c(N)c1. The van der Waals surface area contributed by atoms with Crippen LogP contribution in [0.3, 0.4) is 0 Å². The number of ether oxygens (including phenoxy) is 1. The number of rotatable bonds is 5. The molecule has 3 N–H and O–H groups in total. The van der Waals surface area contributed by atoms with Gasteiger partial charge >= 0.3 is 0 Å². The van der Waals surface area contributed by atoms with E-state index in [9.17, 15) is 8.42 Å². The van der Waals surface area contributed by atoms with Crippen molar-refractivity contribution in [1.82, 2.24) is 9.71 Å². The molecule has 0 radical (unpaired) electrons. The summed E-state index contributed by atoms with van der Waals surface area (Å²) in [5.74, 6) is 0.508. The number of benzene rings is 1. The van der Waals surface area contributed by atoms with Crippen molar-refractivity contribution >= 4 is 15.7 Å². The molecule has 0 spiro atoms. The van der Waals surface area contributed by atoms with Crippen molar-refractivity contribution in [3.8, 4) is 5.75 Å². The minimum absolute atomic E-state index is 0.0298. The molecule has 1 heterocycles. The first kappa shape index (κ1) is 14.3. The second-order valence-corrected chi connectivity index (χ2v) is 5.82. The Morgan fingerprint density at radius 3 is 2.75 bits per heavy atom. The van der Waals surface area contributed by atoms with Crippen LogP contribution in [0.25, 0.3) is 0 Å². The fourth-order valence-electron chi connectivity index (χ4n) is 1.66. The van der Waals surface area contributed by atoms with Crippen molar-refractivity contribution in [3.05, 3.63) is 48.3 Å². The normalized spacial score (nSPS) is 11.2. The van der Waals surface area contributed by atoms with Gasteiger partial charge in [0.25, 0.3) is 0 Å². The fourth-order valence-corrected chi connectivity index (χ4v) is 2.79. The highest BCUT2D eigenvalue weighted by Crippen LogP contribution is 2.23. The van der Waals surface area contributed by atoms with Crippen molar-refractivity contribution in [3.63, 3.8) is 0 Å². The summed E-state index contributed by atoms with van der Waals surface area (Å²) in [7, 11) is -2.18. The Labute approximate surface area is 117 Å². The second-order valence-electron chi connectivity index (χ2n) is 4.09. The van der Waals surface area contributed by atoms with Crippen LogP contribution in [-0.4, -0.2) is 20.5 Å². The lowest BCUT2D eigenvalue weighted by molar-refractivity contribution is 0.414. The molecule has 0 bridgehead atoms. The molecule has 0 unspecified atom stereocenters. The zero-order chi connectivity index (χ0) is 14.6. The van der Waals surface area contributed by atoms with Gasteiger partial charge in [-0.2, -0.15) is 0 Å². The van der Waals surface area contributed by atoms with Gasteiger partial charge < -0.3 is 10.5 Å². The maximum Gasteiger partial charge on any atom is 0.242 e. The maximum atomic E-state index is 12.2. The number of hydrogen-bond acceptors (Lipinski definition) is 5. The van der Waals surface area contributed by atoms with Crippen molar-refractivity contribution in [2.45, 2.75) is 11.4 Å². The molecular weight excluding hydrogens is 278 g/mol. The smallest absolute Gasteiger partial charge is 0.242 e. The molecule has 1 aromatic carbocycles. The summed E-state index contributed by atoms with van der Waals surface area (Å²) in [5, 5.41) is 0. The van der Waals surface area contributed by atoms with Crippen LogP contribution in [-0.2, 0) is 16.6 Å². The maximum absolute atomic E-state index is 12.2. The van der Waals surface area contributed by atoms with Gasteiger partial charge in [-0.15, -0.1) is 0 Å². The molecule has 0 amide bonds. The lowest BCUT2D eigenvalue weighted by Crippen LogP contribution is -2.24. The third kappa shape index (κ3) is 3.25. The summed E-state index contributed by atoms with van der Waals surface area (Å²) in [6.07, 6.45) is 3.22. The van der Waals surface area contributed by atoms with E-state index in [-0.39, 0.29) is 17.1 Å². The Morgan fingerprint density at radius 2 is 2.15 bits per heavy atom. The van der Waals surface area contributed by atoms with Crippen molar-refractivity contribution in [1.29, 1.82) is 0 Å². The van der Waals surface area contributed by atoms with E-state index >= 15 is 0 Å². The quantitative estimate of drug-likeness (QED) is 0.806. The summed E-state index contributed by atoms with van der Waals surface area (Å²) >= 11 is 0. The molecule has 0 aliphatic heterocycles. The van der Waals surface area contributed by atoms with E-state index in [1.165, 1.54) is 19.2 Å². The lowest BCUT2D eigenvalue weighted by Gasteiger charge is -2.10. The molecule has 0 aliphatic rings. The van der Waals surface area contributed by atoms with Gasteiger partial charge in [0.15, 0.2) is 0 Å². The minimum atomic E-state index is -3.67. The molecule has 0 saturated carbocycles. The number of methoxy groups -OCH3 is 1. The number of aromatic nitrogens is 1. The highest BCUT2D eigenvalue weighted by Gasteiger charge is 2.17. The number of nitrogens with one attached hydrogen (secondary N) is 1. The van der Waals surface area contributed by atoms with E-state index in [1.807, 2.05) is 0 Å². The van der Waals surface area contributed by atoms with Crippen molar-refractivity contribution < 1.29 is 13.2 Å². The Hall–Kier alpha value is -2.12. The third-order valence-electron chi connectivity index (χ3n) is 2.70. The Kier molecular flexibility index (Phi) is 4.21. The van der Waals surface area contributed by atoms with Gasteiger partial charge in [-0.05, 0) is 23.8 Å². The summed E-state index contributed by atoms with van der Waals surface area (Å²) in [5.41, 5.74) is 6.65. The summed E-state index contributed by atoms with van der Waals surface area (Å²) in [6, 6.07) is 7.96. The monoisotopic (exact) mass is 293 g/mol. The molecule has 0 aliphatic carbocycles. The van der Waals surface area contributed by atoms with E-state index in [4.69, 9.17) is 10.5 Å². The summed E-state index contributed by atoms with van der Waals surface area (Å²) in [6.45, 7) is 0.154. The molecular formula is C13H15N3O3S. The van der Waals surface area contributed by atoms with Crippen molar-refractivity contribution in [2.24, 2.45) is 0 Å². The van der Waals surface area contributed by atoms with Gasteiger partial charge in [-0.3, -0.25) is 4.98 Å². The highest BCUT2D eigenvalue weighted by atomic mass is 32.2. The Bertz CT molecular complexity index is 687. The molecule has 2 aromatic rings. The lowest BCUT2D eigenvalue weighted by atomic mass is 10.3. The molecule has 0 fully saturated rings. The van der Waals surface area contributed by atoms with Gasteiger partial charge in [0.05, 0.1) is 12.8 Å². The van der Waals surface area contributed by atoms with Crippen LogP contribution in [0.1, 0.15) is 5.56 Å². The first-order valence-electron chi connectivity index (χ1n) is 5.85. The average Bonchev–Trinajstić information content (AvgIpc) is 2.46. The molecule has 106 valence electrons. The van der Waals surface area contributed by atoms with E-state index < -0.39 is 10.0 Å². The number of hydrogen-bond donors (Lipinski definition) is 2. The zero-order valence-electron chi connectivity index (χ0n) is 10.9. The van der Waals surface area contributed by atoms with Crippen LogP contribution in [0.5, 0.6) is 5.75 Å². The van der Waals surface area contributed by atoms with E-state index in [0.717, 1.165) is 5.56 Å². The largest absolute Gasteiger partial charge is 0.497 e. The van der Waals surface area contributed by atoms with Crippen LogP contribution in [0.4, 0.5) is 5.69 Å². The zero-order valence-corrected chi connectivity index (χ0v) is 11.7. The second kappa shape index (κ2) is 5.89. The standard InChI is InChI=1S/C13H15N3O3S/c1-19-11-4-5-13(12(14)7-11)20(17,18)16-9-10-3-2-6-15-8-10/h2-8,16H,9,14H2,1H3. The Morgan fingerprint density at radius 1 is 1.35 bits per heavy atom. The number of nitrogen functional groups attached to an aromatic ring is 1. The van der Waals surface area contributed by atoms with Gasteiger partial charge in [0.2, 0.25) is 10.0 Å². The molecule has 0 saturated heterocycles. The predicted molar refractivity (Wildman–Crippen MR) is 75.7 cm³/mol. The predicted octanol–water partition coefficient (Wildman–Crippen LogP) is 1.15. The molecule has 6 nitrogen and oxygen atoms in total. The first-order chi connectivity index (χ1) is 9.53. The van der Waals surface area contributed by atoms with E-state index in [0.29, 0.717) is 5.75 Å². The van der Waals surface area contributed by atoms with Crippen LogP contribution in [0, 0.1) is 0 Å². The number of nitrogens with zero attached hydrogens (tertiary/aromatic N) is 1. The summed E-state index contributed by atoms with van der Waals surface area (Å²) < 4.78 is 31.8. The molecule has 0 atom stereocenters. The fraction of sp³-hybridized carbons (Fsp3) is 0.154. The summed E-state index contributed by atoms with van der Waals surface area (Å²) in [4.78, 5) is 3.95. The van der Waals surface area contributed by atoms with Crippen molar-refractivity contribution in [2.75, 3.05) is 12.8 Å². The van der Waals surface area contributed by atoms with Gasteiger partial charge in [0.1, 0.15) is 10.6 Å². The molecule has 1 aromatic heterocycles. The number of nitrogens with two attached hydrogens (primary N) is 1. The van der Waals surface area contributed by atoms with Gasteiger partial charge in [0, 0.05) is 25.0 Å². The van der Waals surface area contributed by atoms with Gasteiger partial charge in [-0.25, -0.2) is 13.1 Å². The molecule has 20 heavy (non-hydrogen) atoms. The van der Waals surface area contributed by atoms with E-state index in [1.54, 1.807) is 30.6 Å². The highest BCUT2D eigenvalue weighted by molar-refractivity contribution is 7.89. The van der Waals surface area contributed by atoms with Gasteiger partial charge in [-0.1, -0.05) is 6.07 Å². The Balaban J connectivity index is 2.18. The molecule has 2 rings (SSSR count). The average molecular weight is 293 g/mol. The first-order valence-corrected chi connectivity index (χ1v) is 7.33.